The van der Waals surface area contributed by atoms with Crippen molar-refractivity contribution in [3.63, 3.8) is 0 Å². The van der Waals surface area contributed by atoms with Gasteiger partial charge in [-0.15, -0.1) is 11.3 Å². The highest BCUT2D eigenvalue weighted by molar-refractivity contribution is 8.01. The van der Waals surface area contributed by atoms with E-state index in [9.17, 15) is 9.59 Å². The van der Waals surface area contributed by atoms with Crippen LogP contribution in [-0.4, -0.2) is 29.1 Å². The number of hydrogen-bond acceptors (Lipinski definition) is 6. The molecule has 0 N–H and O–H groups in total. The molecule has 0 unspecified atom stereocenters. The van der Waals surface area contributed by atoms with Gasteiger partial charge in [-0.3, -0.25) is 9.59 Å². The van der Waals surface area contributed by atoms with Crippen LogP contribution in [0.25, 0.3) is 10.2 Å². The summed E-state index contributed by atoms with van der Waals surface area (Å²) in [5.41, 5.74) is 4.76. The summed E-state index contributed by atoms with van der Waals surface area (Å²) < 4.78 is 7.35. The molecule has 4 nitrogen and oxygen atoms in total. The van der Waals surface area contributed by atoms with Gasteiger partial charge in [-0.2, -0.15) is 0 Å². The molecule has 1 heterocycles. The minimum atomic E-state index is -0.334. The van der Waals surface area contributed by atoms with E-state index in [1.54, 1.807) is 23.1 Å². The van der Waals surface area contributed by atoms with E-state index < -0.39 is 0 Å². The Bertz CT molecular complexity index is 977. The number of carbonyl (C=O) groups is 2. The molecular weight excluding hydrogens is 390 g/mol. The zero-order valence-electron chi connectivity index (χ0n) is 16.3. The number of Topliss-reactive ketones (excluding diaryl/α,β-unsaturated/α-hetero) is 1. The monoisotopic (exact) mass is 413 g/mol. The van der Waals surface area contributed by atoms with Crippen LogP contribution in [0.1, 0.15) is 39.9 Å². The highest BCUT2D eigenvalue weighted by Gasteiger charge is 2.13. The van der Waals surface area contributed by atoms with Gasteiger partial charge >= 0.3 is 5.97 Å². The largest absolute Gasteiger partial charge is 0.457 e. The van der Waals surface area contributed by atoms with Crippen molar-refractivity contribution in [2.45, 2.75) is 38.0 Å². The van der Waals surface area contributed by atoms with Crippen molar-refractivity contribution in [3.8, 4) is 0 Å². The van der Waals surface area contributed by atoms with E-state index in [1.807, 2.05) is 51.1 Å². The van der Waals surface area contributed by atoms with Crippen LogP contribution in [0.3, 0.4) is 0 Å². The summed E-state index contributed by atoms with van der Waals surface area (Å²) in [5.74, 6) is 0.302. The number of thioether (sulfide) groups is 1. The third-order valence-electron chi connectivity index (χ3n) is 4.53. The van der Waals surface area contributed by atoms with Gasteiger partial charge in [-0.25, -0.2) is 4.98 Å². The average Bonchev–Trinajstić information content (AvgIpc) is 3.09. The van der Waals surface area contributed by atoms with E-state index in [-0.39, 0.29) is 18.4 Å². The molecule has 0 saturated heterocycles. The molecular formula is C22H23NO3S2. The summed E-state index contributed by atoms with van der Waals surface area (Å²) in [6.07, 6.45) is 0.993. The Balaban J connectivity index is 1.41. The minimum absolute atomic E-state index is 0.155. The van der Waals surface area contributed by atoms with Crippen LogP contribution < -0.4 is 0 Å². The van der Waals surface area contributed by atoms with Gasteiger partial charge in [0.1, 0.15) is 0 Å². The second-order valence-electron chi connectivity index (χ2n) is 6.73. The summed E-state index contributed by atoms with van der Waals surface area (Å²) in [6.45, 7) is 5.69. The summed E-state index contributed by atoms with van der Waals surface area (Å²) in [6, 6.07) is 11.9. The summed E-state index contributed by atoms with van der Waals surface area (Å²) >= 11 is 3.31. The molecule has 0 aliphatic carbocycles. The Morgan fingerprint density at radius 2 is 1.82 bits per heavy atom. The van der Waals surface area contributed by atoms with Crippen molar-refractivity contribution in [1.82, 2.24) is 4.98 Å². The molecule has 6 heteroatoms. The highest BCUT2D eigenvalue weighted by Crippen LogP contribution is 2.29. The first-order chi connectivity index (χ1) is 13.4. The van der Waals surface area contributed by atoms with Crippen molar-refractivity contribution < 1.29 is 14.3 Å². The first-order valence-corrected chi connectivity index (χ1v) is 11.0. The fraction of sp³-hybridized carbons (Fsp3) is 0.318. The maximum absolute atomic E-state index is 12.3. The van der Waals surface area contributed by atoms with Crippen molar-refractivity contribution in [3.05, 3.63) is 58.7 Å². The van der Waals surface area contributed by atoms with Gasteiger partial charge in [0, 0.05) is 17.7 Å². The molecule has 0 atom stereocenters. The molecule has 0 saturated carbocycles. The molecule has 1 aromatic heterocycles. The van der Waals surface area contributed by atoms with Crippen LogP contribution in [0.2, 0.25) is 0 Å². The molecule has 3 aromatic rings. The van der Waals surface area contributed by atoms with Crippen molar-refractivity contribution in [1.29, 1.82) is 0 Å². The second-order valence-corrected chi connectivity index (χ2v) is 9.11. The van der Waals surface area contributed by atoms with Crippen molar-refractivity contribution >= 4 is 45.1 Å². The standard InChI is InChI=1S/C22H23NO3S2/c1-14-11-16(3)17(12-15(14)2)19(24)13-26-21(25)9-6-10-27-22-23-18-7-4-5-8-20(18)28-22/h4-5,7-8,11-12H,6,9-10,13H2,1-3H3. The summed E-state index contributed by atoms with van der Waals surface area (Å²) in [4.78, 5) is 28.9. The number of ketones is 1. The number of carbonyl (C=O) groups excluding carboxylic acids is 2. The molecule has 146 valence electrons. The number of rotatable bonds is 8. The zero-order valence-corrected chi connectivity index (χ0v) is 17.9. The highest BCUT2D eigenvalue weighted by atomic mass is 32.2. The number of nitrogens with zero attached hydrogens (tertiary/aromatic N) is 1. The lowest BCUT2D eigenvalue weighted by molar-refractivity contribution is -0.142. The molecule has 0 bridgehead atoms. The maximum Gasteiger partial charge on any atom is 0.306 e. The fourth-order valence-corrected chi connectivity index (χ4v) is 4.92. The van der Waals surface area contributed by atoms with Crippen LogP contribution in [0, 0.1) is 20.8 Å². The van der Waals surface area contributed by atoms with E-state index in [2.05, 4.69) is 11.1 Å². The SMILES string of the molecule is Cc1cc(C)c(C(=O)COC(=O)CCCSc2nc3ccccc3s2)cc1C. The minimum Gasteiger partial charge on any atom is -0.457 e. The number of hydrogen-bond donors (Lipinski definition) is 0. The second kappa shape index (κ2) is 9.34. The number of esters is 1. The summed E-state index contributed by atoms with van der Waals surface area (Å²) in [5, 5.41) is 0. The fourth-order valence-electron chi connectivity index (χ4n) is 2.85. The summed E-state index contributed by atoms with van der Waals surface area (Å²) in [7, 11) is 0. The van der Waals surface area contributed by atoms with Crippen LogP contribution in [0.5, 0.6) is 0 Å². The van der Waals surface area contributed by atoms with Gasteiger partial charge in [0.2, 0.25) is 5.78 Å². The van der Waals surface area contributed by atoms with Gasteiger partial charge in [-0.05, 0) is 62.1 Å². The van der Waals surface area contributed by atoms with Crippen LogP contribution in [0.4, 0.5) is 0 Å². The lowest BCUT2D eigenvalue weighted by Crippen LogP contribution is -2.15. The number of benzene rings is 2. The van der Waals surface area contributed by atoms with E-state index >= 15 is 0 Å². The predicted octanol–water partition coefficient (Wildman–Crippen LogP) is 5.52. The van der Waals surface area contributed by atoms with Gasteiger partial charge in [0.05, 0.1) is 10.2 Å². The van der Waals surface area contributed by atoms with Crippen molar-refractivity contribution in [2.75, 3.05) is 12.4 Å². The molecule has 0 fully saturated rings. The predicted molar refractivity (Wildman–Crippen MR) is 116 cm³/mol. The lowest BCUT2D eigenvalue weighted by Gasteiger charge is -2.09. The van der Waals surface area contributed by atoms with Gasteiger partial charge in [0.15, 0.2) is 10.9 Å². The molecule has 0 aliphatic heterocycles. The molecule has 0 radical (unpaired) electrons. The molecule has 0 amide bonds. The maximum atomic E-state index is 12.3. The van der Waals surface area contributed by atoms with Gasteiger partial charge in [-0.1, -0.05) is 30.0 Å². The van der Waals surface area contributed by atoms with Gasteiger partial charge < -0.3 is 4.74 Å². The third kappa shape index (κ3) is 5.20. The number of ether oxygens (including phenoxy) is 1. The molecule has 28 heavy (non-hydrogen) atoms. The number of aryl methyl sites for hydroxylation is 3. The number of aromatic nitrogens is 1. The number of fused-ring (bicyclic) bond motifs is 1. The van der Waals surface area contributed by atoms with Crippen LogP contribution in [0.15, 0.2) is 40.7 Å². The zero-order chi connectivity index (χ0) is 20.1. The molecule has 2 aromatic carbocycles. The lowest BCUT2D eigenvalue weighted by atomic mass is 9.98. The van der Waals surface area contributed by atoms with Crippen LogP contribution >= 0.6 is 23.1 Å². The van der Waals surface area contributed by atoms with E-state index in [4.69, 9.17) is 4.74 Å². The van der Waals surface area contributed by atoms with E-state index in [1.165, 1.54) is 4.70 Å². The van der Waals surface area contributed by atoms with E-state index in [0.717, 1.165) is 32.3 Å². The first-order valence-electron chi connectivity index (χ1n) is 9.19. The average molecular weight is 414 g/mol. The third-order valence-corrected chi connectivity index (χ3v) is 6.80. The normalized spacial score (nSPS) is 11.0. The quantitative estimate of drug-likeness (QED) is 0.211. The van der Waals surface area contributed by atoms with Crippen molar-refractivity contribution in [2.24, 2.45) is 0 Å². The topological polar surface area (TPSA) is 56.3 Å². The Kier molecular flexibility index (Phi) is 6.86. The smallest absolute Gasteiger partial charge is 0.306 e. The first kappa shape index (κ1) is 20.6. The molecule has 0 spiro atoms. The Hall–Kier alpha value is -2.18. The van der Waals surface area contributed by atoms with Gasteiger partial charge in [0.25, 0.3) is 0 Å². The van der Waals surface area contributed by atoms with E-state index in [0.29, 0.717) is 18.4 Å². The van der Waals surface area contributed by atoms with Crippen LogP contribution in [-0.2, 0) is 9.53 Å². The number of para-hydroxylation sites is 1. The Morgan fingerprint density at radius 3 is 2.61 bits per heavy atom. The Morgan fingerprint density at radius 1 is 1.07 bits per heavy atom. The molecule has 0 aliphatic rings. The Labute approximate surface area is 173 Å². The number of thiazole rings is 1. The molecule has 3 rings (SSSR count).